The summed E-state index contributed by atoms with van der Waals surface area (Å²) in [4.78, 5) is 13.7. The van der Waals surface area contributed by atoms with E-state index in [2.05, 4.69) is 68.4 Å². The Morgan fingerprint density at radius 2 is 1.81 bits per heavy atom. The summed E-state index contributed by atoms with van der Waals surface area (Å²) < 4.78 is 4.94. The van der Waals surface area contributed by atoms with Crippen molar-refractivity contribution in [2.45, 2.75) is 13.8 Å². The molecule has 3 heteroatoms. The van der Waals surface area contributed by atoms with Gasteiger partial charge in [0, 0.05) is 12.6 Å². The fourth-order valence-electron chi connectivity index (χ4n) is 2.57. The van der Waals surface area contributed by atoms with E-state index in [1.54, 1.807) is 13.0 Å². The molecule has 0 unspecified atom stereocenters. The summed E-state index contributed by atoms with van der Waals surface area (Å²) in [6.45, 7) is 5.13. The van der Waals surface area contributed by atoms with Crippen LogP contribution < -0.4 is 0 Å². The average Bonchev–Trinajstić information content (AvgIpc) is 2.62. The molecule has 0 spiro atoms. The number of carbonyl (C=O) groups is 1. The number of benzene rings is 2. The van der Waals surface area contributed by atoms with Crippen LogP contribution in [0.2, 0.25) is 0 Å². The van der Waals surface area contributed by atoms with E-state index in [-0.39, 0.29) is 5.97 Å². The van der Waals surface area contributed by atoms with Crippen LogP contribution in [0.4, 0.5) is 0 Å². The highest BCUT2D eigenvalue weighted by Crippen LogP contribution is 2.25. The average molecular weight is 349 g/mol. The Bertz CT molecular complexity index is 786. The van der Waals surface area contributed by atoms with E-state index in [1.165, 1.54) is 22.8 Å². The number of aryl methyl sites for hydroxylation is 1. The van der Waals surface area contributed by atoms with Crippen LogP contribution in [0.1, 0.15) is 29.2 Å². The highest BCUT2D eigenvalue weighted by atomic mass is 16.5. The lowest BCUT2D eigenvalue weighted by Crippen LogP contribution is -2.11. The molecule has 0 heterocycles. The topological polar surface area (TPSA) is 29.5 Å². The van der Waals surface area contributed by atoms with Gasteiger partial charge in [0.25, 0.3) is 0 Å². The molecule has 0 aliphatic heterocycles. The third-order valence-corrected chi connectivity index (χ3v) is 3.92. The third kappa shape index (κ3) is 6.01. The molecule has 0 bridgehead atoms. The van der Waals surface area contributed by atoms with Crippen molar-refractivity contribution in [3.05, 3.63) is 82.9 Å². The zero-order chi connectivity index (χ0) is 18.9. The van der Waals surface area contributed by atoms with Gasteiger partial charge in [0.15, 0.2) is 0 Å². The van der Waals surface area contributed by atoms with Gasteiger partial charge in [0.2, 0.25) is 0 Å². The molecule has 0 aromatic heterocycles. The van der Waals surface area contributed by atoms with Crippen molar-refractivity contribution in [2.75, 3.05) is 27.2 Å². The first-order valence-corrected chi connectivity index (χ1v) is 8.87. The van der Waals surface area contributed by atoms with Crippen molar-refractivity contribution in [3.63, 3.8) is 0 Å². The van der Waals surface area contributed by atoms with Gasteiger partial charge in [-0.1, -0.05) is 54.1 Å². The largest absolute Gasteiger partial charge is 0.463 e. The van der Waals surface area contributed by atoms with Crippen LogP contribution in [0.25, 0.3) is 11.6 Å². The lowest BCUT2D eigenvalue weighted by molar-refractivity contribution is -0.137. The molecule has 26 heavy (non-hydrogen) atoms. The van der Waals surface area contributed by atoms with Gasteiger partial charge in [-0.3, -0.25) is 0 Å². The van der Waals surface area contributed by atoms with E-state index < -0.39 is 0 Å². The van der Waals surface area contributed by atoms with Crippen LogP contribution in [0.5, 0.6) is 0 Å². The Balaban J connectivity index is 2.36. The predicted octanol–water partition coefficient (Wildman–Crippen LogP) is 4.56. The molecular formula is C23H27NO2. The molecule has 0 aliphatic carbocycles. The number of ether oxygens (including phenoxy) is 1. The van der Waals surface area contributed by atoms with Gasteiger partial charge < -0.3 is 9.64 Å². The number of hydrogen-bond acceptors (Lipinski definition) is 3. The first kappa shape index (κ1) is 19.7. The SMILES string of the molecule is CCOC(=O)C=Cc1cccc(C(=CCN(C)C)c2ccc(C)cc2)c1. The Morgan fingerprint density at radius 3 is 2.46 bits per heavy atom. The summed E-state index contributed by atoms with van der Waals surface area (Å²) in [6.07, 6.45) is 5.50. The zero-order valence-electron chi connectivity index (χ0n) is 16.0. The summed E-state index contributed by atoms with van der Waals surface area (Å²) >= 11 is 0. The van der Waals surface area contributed by atoms with Crippen LogP contribution in [-0.4, -0.2) is 38.1 Å². The summed E-state index contributed by atoms with van der Waals surface area (Å²) in [5.74, 6) is -0.320. The summed E-state index contributed by atoms with van der Waals surface area (Å²) in [5.41, 5.74) is 5.71. The monoisotopic (exact) mass is 349 g/mol. The number of carbonyl (C=O) groups excluding carboxylic acids is 1. The predicted molar refractivity (Wildman–Crippen MR) is 109 cm³/mol. The van der Waals surface area contributed by atoms with E-state index >= 15 is 0 Å². The molecule has 2 aromatic carbocycles. The summed E-state index contributed by atoms with van der Waals surface area (Å²) in [6, 6.07) is 16.7. The molecule has 0 fully saturated rings. The zero-order valence-corrected chi connectivity index (χ0v) is 16.0. The fraction of sp³-hybridized carbons (Fsp3) is 0.261. The van der Waals surface area contributed by atoms with Gasteiger partial charge >= 0.3 is 5.97 Å². The molecule has 0 aliphatic rings. The molecule has 0 saturated heterocycles. The van der Waals surface area contributed by atoms with E-state index in [0.29, 0.717) is 6.61 Å². The molecule has 0 radical (unpaired) electrons. The maximum atomic E-state index is 11.5. The smallest absolute Gasteiger partial charge is 0.330 e. The first-order chi connectivity index (χ1) is 12.5. The van der Waals surface area contributed by atoms with Crippen LogP contribution in [-0.2, 0) is 9.53 Å². The normalized spacial score (nSPS) is 12.0. The Kier molecular flexibility index (Phi) is 7.37. The van der Waals surface area contributed by atoms with E-state index in [4.69, 9.17) is 4.74 Å². The number of rotatable bonds is 7. The van der Waals surface area contributed by atoms with Crippen molar-refractivity contribution < 1.29 is 9.53 Å². The second-order valence-electron chi connectivity index (χ2n) is 6.46. The maximum Gasteiger partial charge on any atom is 0.330 e. The molecule has 136 valence electrons. The van der Waals surface area contributed by atoms with Gasteiger partial charge in [-0.15, -0.1) is 0 Å². The standard InChI is InChI=1S/C23H27NO2/c1-5-26-23(25)14-11-19-7-6-8-21(17-19)22(15-16-24(3)4)20-12-9-18(2)10-13-20/h6-15,17H,5,16H2,1-4H3. The minimum Gasteiger partial charge on any atom is -0.463 e. The minimum absolute atomic E-state index is 0.320. The van der Waals surface area contributed by atoms with Crippen LogP contribution in [0, 0.1) is 6.92 Å². The van der Waals surface area contributed by atoms with Gasteiger partial charge in [0.05, 0.1) is 6.61 Å². The minimum atomic E-state index is -0.320. The van der Waals surface area contributed by atoms with Gasteiger partial charge in [-0.05, 0) is 62.3 Å². The third-order valence-electron chi connectivity index (χ3n) is 3.92. The van der Waals surface area contributed by atoms with Crippen LogP contribution >= 0.6 is 0 Å². The Labute approximate surface area is 156 Å². The molecule has 2 rings (SSSR count). The van der Waals surface area contributed by atoms with Gasteiger partial charge in [-0.2, -0.15) is 0 Å². The summed E-state index contributed by atoms with van der Waals surface area (Å²) in [5, 5.41) is 0. The second-order valence-corrected chi connectivity index (χ2v) is 6.46. The lowest BCUT2D eigenvalue weighted by Gasteiger charge is -2.12. The van der Waals surface area contributed by atoms with Crippen LogP contribution in [0.15, 0.2) is 60.7 Å². The molecule has 3 nitrogen and oxygen atoms in total. The van der Waals surface area contributed by atoms with Crippen molar-refractivity contribution >= 4 is 17.6 Å². The molecule has 0 saturated carbocycles. The lowest BCUT2D eigenvalue weighted by atomic mass is 9.95. The number of nitrogens with zero attached hydrogens (tertiary/aromatic N) is 1. The van der Waals surface area contributed by atoms with Gasteiger partial charge in [0.1, 0.15) is 0 Å². The van der Waals surface area contributed by atoms with Crippen molar-refractivity contribution in [1.82, 2.24) is 4.90 Å². The second kappa shape index (κ2) is 9.73. The van der Waals surface area contributed by atoms with Crippen LogP contribution in [0.3, 0.4) is 0 Å². The summed E-state index contributed by atoms with van der Waals surface area (Å²) in [7, 11) is 4.11. The van der Waals surface area contributed by atoms with Crippen molar-refractivity contribution in [3.8, 4) is 0 Å². The highest BCUT2D eigenvalue weighted by Gasteiger charge is 2.06. The quantitative estimate of drug-likeness (QED) is 0.542. The molecule has 0 N–H and O–H groups in total. The maximum absolute atomic E-state index is 11.5. The number of likely N-dealkylation sites (N-methyl/N-ethyl adjacent to an activating group) is 1. The number of esters is 1. The fourth-order valence-corrected chi connectivity index (χ4v) is 2.57. The number of hydrogen-bond donors (Lipinski definition) is 0. The molecular weight excluding hydrogens is 322 g/mol. The Hall–Kier alpha value is -2.65. The first-order valence-electron chi connectivity index (χ1n) is 8.87. The molecule has 0 atom stereocenters. The van der Waals surface area contributed by atoms with E-state index in [9.17, 15) is 4.79 Å². The molecule has 0 amide bonds. The highest BCUT2D eigenvalue weighted by molar-refractivity contribution is 5.87. The van der Waals surface area contributed by atoms with Crippen molar-refractivity contribution in [1.29, 1.82) is 0 Å². The van der Waals surface area contributed by atoms with Gasteiger partial charge in [-0.25, -0.2) is 4.79 Å². The van der Waals surface area contributed by atoms with E-state index in [0.717, 1.165) is 17.7 Å². The molecule has 2 aromatic rings. The van der Waals surface area contributed by atoms with E-state index in [1.807, 2.05) is 12.1 Å². The Morgan fingerprint density at radius 1 is 1.08 bits per heavy atom. The van der Waals surface area contributed by atoms with Crippen molar-refractivity contribution in [2.24, 2.45) is 0 Å².